The van der Waals surface area contributed by atoms with Gasteiger partial charge in [0.1, 0.15) is 0 Å². The van der Waals surface area contributed by atoms with Crippen LogP contribution in [0.3, 0.4) is 0 Å². The van der Waals surface area contributed by atoms with Crippen LogP contribution in [0.25, 0.3) is 0 Å². The number of amides is 1. The van der Waals surface area contributed by atoms with Gasteiger partial charge in [0.15, 0.2) is 0 Å². The first-order valence-electron chi connectivity index (χ1n) is 10.3. The average Bonchev–Trinajstić information content (AvgIpc) is 3.31. The highest BCUT2D eigenvalue weighted by atomic mass is 32.1. The zero-order chi connectivity index (χ0) is 20.9. The van der Waals surface area contributed by atoms with Crippen molar-refractivity contribution in [2.75, 3.05) is 13.7 Å². The molecule has 1 aliphatic carbocycles. The molecule has 5 nitrogen and oxygen atoms in total. The van der Waals surface area contributed by atoms with Crippen molar-refractivity contribution in [1.29, 1.82) is 0 Å². The van der Waals surface area contributed by atoms with Gasteiger partial charge in [0.05, 0.1) is 18.2 Å². The highest BCUT2D eigenvalue weighted by Gasteiger charge is 2.21. The summed E-state index contributed by atoms with van der Waals surface area (Å²) in [7, 11) is 1.59. The number of pyridine rings is 1. The minimum absolute atomic E-state index is 0.145. The molecule has 0 bridgehead atoms. The number of hydrogen-bond acceptors (Lipinski definition) is 4. The summed E-state index contributed by atoms with van der Waals surface area (Å²) in [4.78, 5) is 26.2. The van der Waals surface area contributed by atoms with Gasteiger partial charge in [0.25, 0.3) is 11.5 Å². The normalized spacial score (nSPS) is 14.2. The Labute approximate surface area is 180 Å². The van der Waals surface area contributed by atoms with Crippen molar-refractivity contribution in [2.24, 2.45) is 0 Å². The molecule has 2 aromatic heterocycles. The molecule has 0 spiro atoms. The van der Waals surface area contributed by atoms with Crippen molar-refractivity contribution in [1.82, 2.24) is 9.88 Å². The van der Waals surface area contributed by atoms with E-state index in [1.54, 1.807) is 30.7 Å². The molecule has 1 aromatic carbocycles. The molecule has 0 saturated carbocycles. The third kappa shape index (κ3) is 4.55. The number of rotatable bonds is 7. The Kier molecular flexibility index (Phi) is 6.45. The Morgan fingerprint density at radius 3 is 2.77 bits per heavy atom. The number of benzene rings is 1. The van der Waals surface area contributed by atoms with Crippen molar-refractivity contribution in [2.45, 2.75) is 38.3 Å². The highest BCUT2D eigenvalue weighted by molar-refractivity contribution is 7.10. The standard InChI is InChI=1S/C24H26N2O3S/c1-29-13-12-26-16-20(10-11-22(26)27)24(28)25-23(21-7-4-14-30-21)19-9-8-17-5-2-3-6-18(17)15-19/h4,7-11,14-16,23H,2-3,5-6,12-13H2,1H3,(H,25,28). The molecule has 1 amide bonds. The smallest absolute Gasteiger partial charge is 0.253 e. The summed E-state index contributed by atoms with van der Waals surface area (Å²) in [5.74, 6) is -0.197. The van der Waals surface area contributed by atoms with E-state index in [2.05, 4.69) is 29.6 Å². The summed E-state index contributed by atoms with van der Waals surface area (Å²) < 4.78 is 6.57. The number of hydrogen-bond donors (Lipinski definition) is 1. The van der Waals surface area contributed by atoms with Crippen LogP contribution in [0, 0.1) is 0 Å². The van der Waals surface area contributed by atoms with Crippen LogP contribution in [0.5, 0.6) is 0 Å². The van der Waals surface area contributed by atoms with Gasteiger partial charge in [-0.2, -0.15) is 0 Å². The predicted molar refractivity (Wildman–Crippen MR) is 119 cm³/mol. The van der Waals surface area contributed by atoms with Gasteiger partial charge >= 0.3 is 0 Å². The zero-order valence-electron chi connectivity index (χ0n) is 17.1. The lowest BCUT2D eigenvalue weighted by molar-refractivity contribution is 0.0942. The molecule has 1 unspecified atom stereocenters. The van der Waals surface area contributed by atoms with E-state index in [-0.39, 0.29) is 17.5 Å². The number of carbonyl (C=O) groups excluding carboxylic acids is 1. The summed E-state index contributed by atoms with van der Waals surface area (Å²) in [5, 5.41) is 5.21. The molecule has 3 aromatic rings. The number of nitrogens with one attached hydrogen (secondary N) is 1. The van der Waals surface area contributed by atoms with Crippen LogP contribution < -0.4 is 10.9 Å². The van der Waals surface area contributed by atoms with E-state index in [0.717, 1.165) is 23.3 Å². The second-order valence-corrected chi connectivity index (χ2v) is 8.58. The maximum Gasteiger partial charge on any atom is 0.253 e. The molecule has 2 heterocycles. The Balaban J connectivity index is 1.62. The predicted octanol–water partition coefficient (Wildman–Crippen LogP) is 3.95. The molecule has 0 fully saturated rings. The first-order valence-corrected chi connectivity index (χ1v) is 11.2. The van der Waals surface area contributed by atoms with Crippen LogP contribution in [-0.2, 0) is 24.1 Å². The van der Waals surface area contributed by atoms with Gasteiger partial charge in [-0.05, 0) is 59.9 Å². The number of nitrogens with zero attached hydrogens (tertiary/aromatic N) is 1. The van der Waals surface area contributed by atoms with Crippen LogP contribution >= 0.6 is 11.3 Å². The van der Waals surface area contributed by atoms with E-state index >= 15 is 0 Å². The van der Waals surface area contributed by atoms with E-state index in [1.807, 2.05) is 11.4 Å². The number of methoxy groups -OCH3 is 1. The molecule has 30 heavy (non-hydrogen) atoms. The largest absolute Gasteiger partial charge is 0.383 e. The Bertz CT molecular complexity index is 1070. The van der Waals surface area contributed by atoms with Gasteiger partial charge in [-0.15, -0.1) is 11.3 Å². The van der Waals surface area contributed by atoms with Crippen molar-refractivity contribution in [3.8, 4) is 0 Å². The van der Waals surface area contributed by atoms with E-state index < -0.39 is 0 Å². The zero-order valence-corrected chi connectivity index (χ0v) is 17.9. The highest BCUT2D eigenvalue weighted by Crippen LogP contribution is 2.30. The summed E-state index contributed by atoms with van der Waals surface area (Å²) >= 11 is 1.63. The number of ether oxygens (including phenoxy) is 1. The number of aromatic nitrogens is 1. The van der Waals surface area contributed by atoms with E-state index in [1.165, 1.54) is 34.6 Å². The summed E-state index contributed by atoms with van der Waals surface area (Å²) in [6.07, 6.45) is 6.30. The van der Waals surface area contributed by atoms with Gasteiger partial charge < -0.3 is 14.6 Å². The summed E-state index contributed by atoms with van der Waals surface area (Å²) in [6.45, 7) is 0.827. The van der Waals surface area contributed by atoms with Gasteiger partial charge in [-0.25, -0.2) is 0 Å². The van der Waals surface area contributed by atoms with Crippen LogP contribution in [-0.4, -0.2) is 24.2 Å². The SMILES string of the molecule is COCCn1cc(C(=O)NC(c2ccc3c(c2)CCCC3)c2cccs2)ccc1=O. The average molecular weight is 423 g/mol. The lowest BCUT2D eigenvalue weighted by Crippen LogP contribution is -2.31. The molecule has 156 valence electrons. The third-order valence-electron chi connectivity index (χ3n) is 5.59. The minimum Gasteiger partial charge on any atom is -0.383 e. The molecular formula is C24H26N2O3S. The maximum atomic E-state index is 13.1. The lowest BCUT2D eigenvalue weighted by Gasteiger charge is -2.22. The first-order chi connectivity index (χ1) is 14.7. The van der Waals surface area contributed by atoms with Crippen LogP contribution in [0.2, 0.25) is 0 Å². The van der Waals surface area contributed by atoms with Gasteiger partial charge in [0.2, 0.25) is 0 Å². The molecule has 1 N–H and O–H groups in total. The van der Waals surface area contributed by atoms with Crippen molar-refractivity contribution >= 4 is 17.2 Å². The fraction of sp³-hybridized carbons (Fsp3) is 0.333. The van der Waals surface area contributed by atoms with Crippen LogP contribution in [0.1, 0.15) is 50.8 Å². The number of carbonyl (C=O) groups is 1. The number of fused-ring (bicyclic) bond motifs is 1. The Morgan fingerprint density at radius 2 is 2.00 bits per heavy atom. The molecule has 1 atom stereocenters. The first kappa shape index (κ1) is 20.6. The topological polar surface area (TPSA) is 60.3 Å². The number of aryl methyl sites for hydroxylation is 2. The summed E-state index contributed by atoms with van der Waals surface area (Å²) in [6, 6.07) is 13.4. The molecular weight excluding hydrogens is 396 g/mol. The molecule has 4 rings (SSSR count). The molecule has 6 heteroatoms. The van der Waals surface area contributed by atoms with E-state index in [4.69, 9.17) is 4.74 Å². The lowest BCUT2D eigenvalue weighted by atomic mass is 9.89. The number of thiophene rings is 1. The molecule has 0 saturated heterocycles. The van der Waals surface area contributed by atoms with Gasteiger partial charge in [-0.3, -0.25) is 9.59 Å². The van der Waals surface area contributed by atoms with E-state index in [0.29, 0.717) is 18.7 Å². The fourth-order valence-electron chi connectivity index (χ4n) is 3.95. The Hall–Kier alpha value is -2.70. The Morgan fingerprint density at radius 1 is 1.17 bits per heavy atom. The van der Waals surface area contributed by atoms with Crippen LogP contribution in [0.15, 0.2) is 58.8 Å². The van der Waals surface area contributed by atoms with Crippen molar-refractivity contribution in [3.63, 3.8) is 0 Å². The second kappa shape index (κ2) is 9.41. The van der Waals surface area contributed by atoms with Crippen LogP contribution in [0.4, 0.5) is 0 Å². The quantitative estimate of drug-likeness (QED) is 0.627. The van der Waals surface area contributed by atoms with Crippen molar-refractivity contribution < 1.29 is 9.53 Å². The second-order valence-electron chi connectivity index (χ2n) is 7.60. The molecule has 0 aliphatic heterocycles. The van der Waals surface area contributed by atoms with Gasteiger partial charge in [-0.1, -0.05) is 24.3 Å². The summed E-state index contributed by atoms with van der Waals surface area (Å²) in [5.41, 5.74) is 4.23. The third-order valence-corrected chi connectivity index (χ3v) is 6.53. The minimum atomic E-state index is -0.218. The monoisotopic (exact) mass is 422 g/mol. The molecule has 0 radical (unpaired) electrons. The van der Waals surface area contributed by atoms with E-state index in [9.17, 15) is 9.59 Å². The molecule has 1 aliphatic rings. The fourth-order valence-corrected chi connectivity index (χ4v) is 4.75. The van der Waals surface area contributed by atoms with Gasteiger partial charge in [0, 0.05) is 30.8 Å². The maximum absolute atomic E-state index is 13.1. The van der Waals surface area contributed by atoms with Crippen molar-refractivity contribution in [3.05, 3.63) is 91.5 Å².